The number of H-pyrrole nitrogens is 2. The summed E-state index contributed by atoms with van der Waals surface area (Å²) in [6.45, 7) is 0.588. The van der Waals surface area contributed by atoms with Crippen molar-refractivity contribution in [1.29, 1.82) is 0 Å². The number of nitrogens with one attached hydrogen (secondary N) is 2. The van der Waals surface area contributed by atoms with Crippen molar-refractivity contribution in [2.24, 2.45) is 0 Å². The van der Waals surface area contributed by atoms with Crippen molar-refractivity contribution in [3.8, 4) is 11.5 Å². The van der Waals surface area contributed by atoms with Gasteiger partial charge in [0.05, 0.1) is 14.2 Å². The molecule has 1 fully saturated rings. The van der Waals surface area contributed by atoms with Crippen LogP contribution in [-0.4, -0.2) is 46.8 Å². The van der Waals surface area contributed by atoms with E-state index in [1.807, 2.05) is 35.2 Å². The zero-order valence-corrected chi connectivity index (χ0v) is 18.7. The van der Waals surface area contributed by atoms with Crippen molar-refractivity contribution in [2.75, 3.05) is 20.8 Å². The molecule has 1 saturated carbocycles. The Morgan fingerprint density at radius 3 is 2.73 bits per heavy atom. The maximum atomic E-state index is 13.8. The molecule has 2 aromatic heterocycles. The first-order chi connectivity index (χ1) is 16.2. The van der Waals surface area contributed by atoms with Gasteiger partial charge in [-0.2, -0.15) is 5.10 Å². The van der Waals surface area contributed by atoms with Gasteiger partial charge < -0.3 is 19.4 Å². The predicted octanol–water partition coefficient (Wildman–Crippen LogP) is 4.57. The summed E-state index contributed by atoms with van der Waals surface area (Å²) >= 11 is 0. The fraction of sp³-hybridized carbons (Fsp3) is 0.308. The summed E-state index contributed by atoms with van der Waals surface area (Å²) < 4.78 is 11.4. The number of aromatic nitrogens is 3. The number of aromatic amines is 2. The average molecular weight is 443 g/mol. The number of hydrogen-bond acceptors (Lipinski definition) is 4. The topological polar surface area (TPSA) is 83.2 Å². The number of ether oxygens (including phenoxy) is 2. The molecule has 6 rings (SSSR count). The second-order valence-corrected chi connectivity index (χ2v) is 8.78. The maximum absolute atomic E-state index is 13.8. The summed E-state index contributed by atoms with van der Waals surface area (Å²) in [4.78, 5) is 19.3. The van der Waals surface area contributed by atoms with Gasteiger partial charge in [0, 0.05) is 40.3 Å². The number of rotatable bonds is 5. The minimum Gasteiger partial charge on any atom is -0.493 e. The maximum Gasteiger partial charge on any atom is 0.275 e. The van der Waals surface area contributed by atoms with E-state index in [2.05, 4.69) is 33.4 Å². The molecule has 2 aromatic carbocycles. The molecule has 2 aliphatic rings. The van der Waals surface area contributed by atoms with Gasteiger partial charge in [0.2, 0.25) is 0 Å². The Hall–Kier alpha value is -3.74. The first kappa shape index (κ1) is 19.9. The van der Waals surface area contributed by atoms with Crippen LogP contribution in [-0.2, 0) is 6.42 Å². The third-order valence-corrected chi connectivity index (χ3v) is 6.86. The van der Waals surface area contributed by atoms with E-state index in [-0.39, 0.29) is 11.9 Å². The molecular formula is C26H26N4O3. The fourth-order valence-corrected chi connectivity index (χ4v) is 5.11. The van der Waals surface area contributed by atoms with Gasteiger partial charge in [-0.05, 0) is 43.0 Å². The molecule has 0 bridgehead atoms. The van der Waals surface area contributed by atoms with Crippen LogP contribution in [0.15, 0.2) is 48.5 Å². The molecule has 7 heteroatoms. The SMILES string of the molecule is COc1cccc(C2c3[nH]c4ccccc4c3CCN2C(=O)c2cc(C3CC3)[nH]n2)c1OC. The van der Waals surface area contributed by atoms with Crippen LogP contribution in [0.5, 0.6) is 11.5 Å². The van der Waals surface area contributed by atoms with E-state index in [0.717, 1.165) is 41.7 Å². The molecule has 4 aromatic rings. The molecule has 0 radical (unpaired) electrons. The summed E-state index contributed by atoms with van der Waals surface area (Å²) in [6, 6.07) is 15.7. The number of para-hydroxylation sites is 2. The standard InChI is InChI=1S/C26H26N4O3/c1-32-22-9-5-7-18(25(22)33-2)24-23-17(16-6-3-4-8-19(16)27-23)12-13-30(24)26(31)21-14-20(28-29-21)15-10-11-15/h3-9,14-15,24,27H,10-13H2,1-2H3,(H,28,29). The lowest BCUT2D eigenvalue weighted by Crippen LogP contribution is -2.41. The van der Waals surface area contributed by atoms with E-state index in [9.17, 15) is 4.79 Å². The highest BCUT2D eigenvalue weighted by atomic mass is 16.5. The quantitative estimate of drug-likeness (QED) is 0.474. The Morgan fingerprint density at radius 1 is 1.09 bits per heavy atom. The molecule has 2 N–H and O–H groups in total. The highest BCUT2D eigenvalue weighted by molar-refractivity contribution is 5.94. The van der Waals surface area contributed by atoms with Crippen molar-refractivity contribution < 1.29 is 14.3 Å². The van der Waals surface area contributed by atoms with Gasteiger partial charge >= 0.3 is 0 Å². The normalized spacial score (nSPS) is 17.8. The number of fused-ring (bicyclic) bond motifs is 3. The summed E-state index contributed by atoms with van der Waals surface area (Å²) in [5.41, 5.74) is 5.72. The predicted molar refractivity (Wildman–Crippen MR) is 125 cm³/mol. The van der Waals surface area contributed by atoms with Gasteiger partial charge in [0.1, 0.15) is 11.7 Å². The van der Waals surface area contributed by atoms with E-state index in [1.54, 1.807) is 14.2 Å². The molecule has 33 heavy (non-hydrogen) atoms. The largest absolute Gasteiger partial charge is 0.493 e. The van der Waals surface area contributed by atoms with Gasteiger partial charge in [-0.1, -0.05) is 30.3 Å². The zero-order chi connectivity index (χ0) is 22.5. The van der Waals surface area contributed by atoms with E-state index in [0.29, 0.717) is 29.7 Å². The van der Waals surface area contributed by atoms with Gasteiger partial charge in [-0.25, -0.2) is 0 Å². The minimum atomic E-state index is -0.347. The Labute approximate surface area is 191 Å². The lowest BCUT2D eigenvalue weighted by molar-refractivity contribution is 0.0683. The molecule has 168 valence electrons. The lowest BCUT2D eigenvalue weighted by Gasteiger charge is -2.36. The number of methoxy groups -OCH3 is 2. The zero-order valence-electron chi connectivity index (χ0n) is 18.7. The number of carbonyl (C=O) groups is 1. The lowest BCUT2D eigenvalue weighted by atomic mass is 9.91. The third-order valence-electron chi connectivity index (χ3n) is 6.86. The van der Waals surface area contributed by atoms with Crippen molar-refractivity contribution in [2.45, 2.75) is 31.2 Å². The first-order valence-electron chi connectivity index (χ1n) is 11.4. The minimum absolute atomic E-state index is 0.0858. The van der Waals surface area contributed by atoms with Crippen LogP contribution in [0.4, 0.5) is 0 Å². The fourth-order valence-electron chi connectivity index (χ4n) is 5.11. The Morgan fingerprint density at radius 2 is 1.94 bits per heavy atom. The van der Waals surface area contributed by atoms with Crippen LogP contribution < -0.4 is 9.47 Å². The van der Waals surface area contributed by atoms with Crippen LogP contribution in [0.3, 0.4) is 0 Å². The van der Waals surface area contributed by atoms with E-state index in [1.165, 1.54) is 10.9 Å². The highest BCUT2D eigenvalue weighted by Crippen LogP contribution is 2.45. The summed E-state index contributed by atoms with van der Waals surface area (Å²) in [7, 11) is 3.26. The van der Waals surface area contributed by atoms with Gasteiger partial charge in [-0.3, -0.25) is 9.89 Å². The summed E-state index contributed by atoms with van der Waals surface area (Å²) in [5, 5.41) is 8.64. The van der Waals surface area contributed by atoms with Crippen LogP contribution in [0.1, 0.15) is 57.8 Å². The number of benzene rings is 2. The number of carbonyl (C=O) groups excluding carboxylic acids is 1. The highest BCUT2D eigenvalue weighted by Gasteiger charge is 2.38. The second kappa shape index (κ2) is 7.69. The molecule has 1 unspecified atom stereocenters. The number of nitrogens with zero attached hydrogens (tertiary/aromatic N) is 2. The smallest absolute Gasteiger partial charge is 0.275 e. The van der Waals surface area contributed by atoms with Crippen molar-refractivity contribution in [1.82, 2.24) is 20.1 Å². The molecule has 1 amide bonds. The molecule has 0 saturated heterocycles. The number of hydrogen-bond donors (Lipinski definition) is 2. The monoisotopic (exact) mass is 442 g/mol. The van der Waals surface area contributed by atoms with E-state index < -0.39 is 0 Å². The van der Waals surface area contributed by atoms with Gasteiger partial charge in [-0.15, -0.1) is 0 Å². The molecule has 3 heterocycles. The van der Waals surface area contributed by atoms with Gasteiger partial charge in [0.15, 0.2) is 11.5 Å². The third kappa shape index (κ3) is 3.18. The second-order valence-electron chi connectivity index (χ2n) is 8.78. The van der Waals surface area contributed by atoms with Crippen molar-refractivity contribution in [3.63, 3.8) is 0 Å². The van der Waals surface area contributed by atoms with Crippen molar-refractivity contribution >= 4 is 16.8 Å². The van der Waals surface area contributed by atoms with Crippen LogP contribution in [0, 0.1) is 0 Å². The molecule has 7 nitrogen and oxygen atoms in total. The van der Waals surface area contributed by atoms with E-state index in [4.69, 9.17) is 9.47 Å². The molecule has 0 spiro atoms. The van der Waals surface area contributed by atoms with Crippen LogP contribution in [0.2, 0.25) is 0 Å². The Balaban J connectivity index is 1.51. The number of amides is 1. The molecule has 1 aliphatic carbocycles. The van der Waals surface area contributed by atoms with Crippen LogP contribution >= 0.6 is 0 Å². The molecule has 1 atom stereocenters. The molecule has 1 aliphatic heterocycles. The average Bonchev–Trinajstić information content (AvgIpc) is 3.46. The van der Waals surface area contributed by atoms with Crippen molar-refractivity contribution in [3.05, 3.63) is 76.7 Å². The first-order valence-corrected chi connectivity index (χ1v) is 11.4. The molecular weight excluding hydrogens is 416 g/mol. The summed E-state index contributed by atoms with van der Waals surface area (Å²) in [6.07, 6.45) is 3.08. The van der Waals surface area contributed by atoms with Gasteiger partial charge in [0.25, 0.3) is 5.91 Å². The van der Waals surface area contributed by atoms with Crippen LogP contribution in [0.25, 0.3) is 10.9 Å². The van der Waals surface area contributed by atoms with E-state index >= 15 is 0 Å². The Bertz CT molecular complexity index is 1350. The Kier molecular flexibility index (Phi) is 4.64. The summed E-state index contributed by atoms with van der Waals surface area (Å²) in [5.74, 6) is 1.70.